The number of aromatic nitrogens is 2. The molecule has 0 saturated carbocycles. The van der Waals surface area contributed by atoms with Gasteiger partial charge in [0.05, 0.1) is 12.8 Å². The van der Waals surface area contributed by atoms with Gasteiger partial charge in [-0.2, -0.15) is 0 Å². The zero-order valence-electron chi connectivity index (χ0n) is 17.3. The third-order valence-corrected chi connectivity index (χ3v) is 5.32. The smallest absolute Gasteiger partial charge is 0.212 e. The number of pyridine rings is 2. The van der Waals surface area contributed by atoms with E-state index in [1.807, 2.05) is 36.7 Å². The fourth-order valence-electron chi connectivity index (χ4n) is 3.57. The van der Waals surface area contributed by atoms with Crippen molar-refractivity contribution in [3.05, 3.63) is 114 Å². The summed E-state index contributed by atoms with van der Waals surface area (Å²) in [7, 11) is 1.64. The molecule has 0 spiro atoms. The largest absolute Gasteiger partial charge is 0.481 e. The molecular formula is C27H26N2O. The maximum Gasteiger partial charge on any atom is 0.212 e. The molecule has 0 saturated heterocycles. The van der Waals surface area contributed by atoms with Crippen LogP contribution >= 0.6 is 0 Å². The molecule has 2 heterocycles. The Morgan fingerprint density at radius 2 is 1.33 bits per heavy atom. The number of hydrogen-bond donors (Lipinski definition) is 0. The van der Waals surface area contributed by atoms with Crippen molar-refractivity contribution in [1.29, 1.82) is 0 Å². The summed E-state index contributed by atoms with van der Waals surface area (Å²) in [6.45, 7) is 0. The molecule has 0 amide bonds. The van der Waals surface area contributed by atoms with Gasteiger partial charge in [0.15, 0.2) is 0 Å². The van der Waals surface area contributed by atoms with Crippen LogP contribution in [0.1, 0.15) is 22.3 Å². The molecule has 0 radical (unpaired) electrons. The van der Waals surface area contributed by atoms with Gasteiger partial charge in [0.2, 0.25) is 5.88 Å². The molecule has 0 N–H and O–H groups in total. The molecule has 2 aromatic heterocycles. The van der Waals surface area contributed by atoms with Gasteiger partial charge in [-0.05, 0) is 60.1 Å². The lowest BCUT2D eigenvalue weighted by Crippen LogP contribution is -1.96. The van der Waals surface area contributed by atoms with E-state index in [1.54, 1.807) is 7.11 Å². The Balaban J connectivity index is 1.32. The van der Waals surface area contributed by atoms with Gasteiger partial charge >= 0.3 is 0 Å². The van der Waals surface area contributed by atoms with Gasteiger partial charge in [-0.1, -0.05) is 60.7 Å². The first-order valence-electron chi connectivity index (χ1n) is 10.4. The minimum atomic E-state index is 0.661. The molecule has 0 aliphatic carbocycles. The average molecular weight is 395 g/mol. The standard InChI is InChI=1S/C27H26N2O/c1-30-27-17-14-24(20-29-27)11-10-23-6-4-5-22(19-23)9-8-21-12-15-25(16-13-21)26-7-2-3-18-28-26/h2-7,12-20H,8-11H2,1H3. The summed E-state index contributed by atoms with van der Waals surface area (Å²) in [5.74, 6) is 0.661. The summed E-state index contributed by atoms with van der Waals surface area (Å²) in [5.41, 5.74) is 7.51. The summed E-state index contributed by atoms with van der Waals surface area (Å²) in [6.07, 6.45) is 7.81. The van der Waals surface area contributed by atoms with Crippen LogP contribution in [0.2, 0.25) is 0 Å². The number of hydrogen-bond acceptors (Lipinski definition) is 3. The Labute approximate surface area is 178 Å². The molecule has 0 bridgehead atoms. The third-order valence-electron chi connectivity index (χ3n) is 5.32. The van der Waals surface area contributed by atoms with Crippen molar-refractivity contribution in [3.8, 4) is 17.1 Å². The van der Waals surface area contributed by atoms with Crippen molar-refractivity contribution in [2.24, 2.45) is 0 Å². The number of benzene rings is 2. The van der Waals surface area contributed by atoms with E-state index >= 15 is 0 Å². The van der Waals surface area contributed by atoms with Gasteiger partial charge in [0, 0.05) is 24.0 Å². The molecule has 0 aliphatic rings. The Kier molecular flexibility index (Phi) is 6.51. The second-order valence-electron chi connectivity index (χ2n) is 7.44. The van der Waals surface area contributed by atoms with Gasteiger partial charge in [-0.15, -0.1) is 0 Å². The van der Waals surface area contributed by atoms with Crippen LogP contribution < -0.4 is 4.74 Å². The van der Waals surface area contributed by atoms with Crippen molar-refractivity contribution in [3.63, 3.8) is 0 Å². The highest BCUT2D eigenvalue weighted by Gasteiger charge is 2.02. The van der Waals surface area contributed by atoms with E-state index in [4.69, 9.17) is 4.74 Å². The summed E-state index contributed by atoms with van der Waals surface area (Å²) in [6, 6.07) is 27.7. The molecule has 2 aromatic carbocycles. The number of rotatable bonds is 8. The zero-order chi connectivity index (χ0) is 20.6. The third kappa shape index (κ3) is 5.32. The molecule has 0 atom stereocenters. The zero-order valence-corrected chi connectivity index (χ0v) is 17.3. The molecule has 4 aromatic rings. The highest BCUT2D eigenvalue weighted by Crippen LogP contribution is 2.18. The molecule has 0 fully saturated rings. The first kappa shape index (κ1) is 19.8. The van der Waals surface area contributed by atoms with Crippen LogP contribution in [0.4, 0.5) is 0 Å². The average Bonchev–Trinajstić information content (AvgIpc) is 2.83. The number of ether oxygens (including phenoxy) is 1. The fraction of sp³-hybridized carbons (Fsp3) is 0.185. The van der Waals surface area contributed by atoms with E-state index in [0.29, 0.717) is 5.88 Å². The van der Waals surface area contributed by atoms with Crippen LogP contribution in [0.25, 0.3) is 11.3 Å². The molecule has 3 nitrogen and oxygen atoms in total. The normalized spacial score (nSPS) is 10.7. The molecule has 0 unspecified atom stereocenters. The highest BCUT2D eigenvalue weighted by molar-refractivity contribution is 5.59. The molecule has 4 rings (SSSR count). The van der Waals surface area contributed by atoms with E-state index in [2.05, 4.69) is 64.6 Å². The lowest BCUT2D eigenvalue weighted by atomic mass is 9.99. The Morgan fingerprint density at radius 1 is 0.633 bits per heavy atom. The number of methoxy groups -OCH3 is 1. The number of nitrogens with zero attached hydrogens (tertiary/aromatic N) is 2. The maximum atomic E-state index is 5.13. The van der Waals surface area contributed by atoms with Crippen LogP contribution in [0.3, 0.4) is 0 Å². The maximum absolute atomic E-state index is 5.13. The van der Waals surface area contributed by atoms with Crippen molar-refractivity contribution in [2.75, 3.05) is 7.11 Å². The van der Waals surface area contributed by atoms with E-state index in [9.17, 15) is 0 Å². The first-order valence-corrected chi connectivity index (χ1v) is 10.4. The van der Waals surface area contributed by atoms with Gasteiger partial charge in [-0.3, -0.25) is 4.98 Å². The van der Waals surface area contributed by atoms with Crippen LogP contribution in [-0.2, 0) is 25.7 Å². The van der Waals surface area contributed by atoms with Crippen molar-refractivity contribution >= 4 is 0 Å². The molecule has 30 heavy (non-hydrogen) atoms. The SMILES string of the molecule is COc1ccc(CCc2cccc(CCc3ccc(-c4ccccn4)cc3)c2)cn1. The molecule has 150 valence electrons. The molecular weight excluding hydrogens is 368 g/mol. The summed E-state index contributed by atoms with van der Waals surface area (Å²) >= 11 is 0. The minimum absolute atomic E-state index is 0.661. The van der Waals surface area contributed by atoms with Crippen LogP contribution in [0.15, 0.2) is 91.3 Å². The highest BCUT2D eigenvalue weighted by atomic mass is 16.5. The predicted molar refractivity (Wildman–Crippen MR) is 122 cm³/mol. The second kappa shape index (κ2) is 9.84. The number of aryl methyl sites for hydroxylation is 4. The van der Waals surface area contributed by atoms with Crippen LogP contribution in [0, 0.1) is 0 Å². The van der Waals surface area contributed by atoms with Gasteiger partial charge in [0.25, 0.3) is 0 Å². The van der Waals surface area contributed by atoms with Crippen molar-refractivity contribution in [1.82, 2.24) is 9.97 Å². The Morgan fingerprint density at radius 3 is 1.97 bits per heavy atom. The second-order valence-corrected chi connectivity index (χ2v) is 7.44. The van der Waals surface area contributed by atoms with Gasteiger partial charge in [0.1, 0.15) is 0 Å². The fourth-order valence-corrected chi connectivity index (χ4v) is 3.57. The summed E-state index contributed by atoms with van der Waals surface area (Å²) < 4.78 is 5.13. The quantitative estimate of drug-likeness (QED) is 0.383. The van der Waals surface area contributed by atoms with E-state index in [-0.39, 0.29) is 0 Å². The van der Waals surface area contributed by atoms with E-state index < -0.39 is 0 Å². The topological polar surface area (TPSA) is 35.0 Å². The molecule has 0 aliphatic heterocycles. The first-order chi connectivity index (χ1) is 14.8. The summed E-state index contributed by atoms with van der Waals surface area (Å²) in [4.78, 5) is 8.71. The van der Waals surface area contributed by atoms with Crippen molar-refractivity contribution in [2.45, 2.75) is 25.7 Å². The van der Waals surface area contributed by atoms with Gasteiger partial charge < -0.3 is 4.74 Å². The van der Waals surface area contributed by atoms with Crippen molar-refractivity contribution < 1.29 is 4.74 Å². The van der Waals surface area contributed by atoms with Gasteiger partial charge in [-0.25, -0.2) is 4.98 Å². The lowest BCUT2D eigenvalue weighted by Gasteiger charge is -2.07. The monoisotopic (exact) mass is 394 g/mol. The van der Waals surface area contributed by atoms with Crippen LogP contribution in [0.5, 0.6) is 5.88 Å². The predicted octanol–water partition coefficient (Wildman–Crippen LogP) is 5.72. The minimum Gasteiger partial charge on any atom is -0.481 e. The Bertz CT molecular complexity index is 1060. The summed E-state index contributed by atoms with van der Waals surface area (Å²) in [5, 5.41) is 0. The van der Waals surface area contributed by atoms with E-state index in [1.165, 1.54) is 22.3 Å². The van der Waals surface area contributed by atoms with E-state index in [0.717, 1.165) is 36.9 Å². The molecule has 3 heteroatoms. The van der Waals surface area contributed by atoms with Crippen LogP contribution in [-0.4, -0.2) is 17.1 Å². The Hall–Kier alpha value is -3.46. The lowest BCUT2D eigenvalue weighted by molar-refractivity contribution is 0.397.